The monoisotopic (exact) mass is 260 g/mol. The van der Waals surface area contributed by atoms with E-state index in [0.29, 0.717) is 12.0 Å². The van der Waals surface area contributed by atoms with E-state index in [1.165, 1.54) is 31.4 Å². The van der Waals surface area contributed by atoms with Crippen molar-refractivity contribution in [2.24, 2.45) is 11.7 Å². The van der Waals surface area contributed by atoms with Crippen LogP contribution in [-0.2, 0) is 0 Å². The van der Waals surface area contributed by atoms with Crippen LogP contribution in [0.4, 0.5) is 0 Å². The summed E-state index contributed by atoms with van der Waals surface area (Å²) in [5, 5.41) is 0. The van der Waals surface area contributed by atoms with E-state index in [-0.39, 0.29) is 6.04 Å². The van der Waals surface area contributed by atoms with Gasteiger partial charge in [-0.2, -0.15) is 0 Å². The van der Waals surface area contributed by atoms with Crippen LogP contribution in [0.3, 0.4) is 0 Å². The Bertz CT molecular complexity index is 370. The molecule has 1 aliphatic rings. The van der Waals surface area contributed by atoms with Gasteiger partial charge in [-0.25, -0.2) is 0 Å². The molecule has 2 atom stereocenters. The van der Waals surface area contributed by atoms with E-state index < -0.39 is 0 Å². The summed E-state index contributed by atoms with van der Waals surface area (Å²) in [7, 11) is 0. The number of benzene rings is 1. The van der Waals surface area contributed by atoms with Crippen molar-refractivity contribution in [3.63, 3.8) is 0 Å². The molecule has 0 radical (unpaired) electrons. The Labute approximate surface area is 118 Å². The van der Waals surface area contributed by atoms with Gasteiger partial charge in [0.1, 0.15) is 0 Å². The van der Waals surface area contributed by atoms with Gasteiger partial charge in [0.2, 0.25) is 0 Å². The number of nitrogens with zero attached hydrogens (tertiary/aromatic N) is 1. The Kier molecular flexibility index (Phi) is 5.00. The molecular weight excluding hydrogens is 232 g/mol. The van der Waals surface area contributed by atoms with E-state index in [4.69, 9.17) is 5.73 Å². The highest BCUT2D eigenvalue weighted by Gasteiger charge is 2.37. The SMILES string of the molecule is CCCN(C1CC1)C(C(C)C)C(N)c1ccccc1. The van der Waals surface area contributed by atoms with Crippen LogP contribution in [0.1, 0.15) is 51.6 Å². The second-order valence-electron chi connectivity index (χ2n) is 6.14. The summed E-state index contributed by atoms with van der Waals surface area (Å²) in [4.78, 5) is 2.67. The Morgan fingerprint density at radius 1 is 1.21 bits per heavy atom. The zero-order valence-corrected chi connectivity index (χ0v) is 12.5. The summed E-state index contributed by atoms with van der Waals surface area (Å²) in [5.41, 5.74) is 7.86. The Hall–Kier alpha value is -0.860. The summed E-state index contributed by atoms with van der Waals surface area (Å²) >= 11 is 0. The van der Waals surface area contributed by atoms with Crippen LogP contribution in [0.25, 0.3) is 0 Å². The van der Waals surface area contributed by atoms with Gasteiger partial charge >= 0.3 is 0 Å². The minimum absolute atomic E-state index is 0.119. The third kappa shape index (κ3) is 3.58. The van der Waals surface area contributed by atoms with Crippen molar-refractivity contribution in [3.8, 4) is 0 Å². The van der Waals surface area contributed by atoms with Gasteiger partial charge in [0.05, 0.1) is 0 Å². The minimum Gasteiger partial charge on any atom is -0.323 e. The summed E-state index contributed by atoms with van der Waals surface area (Å²) in [6, 6.07) is 11.9. The maximum absolute atomic E-state index is 6.60. The second-order valence-corrected chi connectivity index (χ2v) is 6.14. The molecule has 2 nitrogen and oxygen atoms in total. The molecule has 2 rings (SSSR count). The van der Waals surface area contributed by atoms with Crippen LogP contribution >= 0.6 is 0 Å². The minimum atomic E-state index is 0.119. The van der Waals surface area contributed by atoms with Gasteiger partial charge < -0.3 is 5.73 Å². The lowest BCUT2D eigenvalue weighted by atomic mass is 9.90. The fraction of sp³-hybridized carbons (Fsp3) is 0.647. The van der Waals surface area contributed by atoms with E-state index in [9.17, 15) is 0 Å². The molecule has 0 bridgehead atoms. The van der Waals surface area contributed by atoms with Crippen LogP contribution in [0, 0.1) is 5.92 Å². The molecule has 0 saturated heterocycles. The predicted octanol–water partition coefficient (Wildman–Crippen LogP) is 3.59. The first-order chi connectivity index (χ1) is 9.15. The second kappa shape index (κ2) is 6.53. The molecule has 0 aliphatic heterocycles. The Morgan fingerprint density at radius 2 is 1.84 bits per heavy atom. The maximum atomic E-state index is 6.60. The Balaban J connectivity index is 2.18. The van der Waals surface area contributed by atoms with Crippen LogP contribution < -0.4 is 5.73 Å². The standard InChI is InChI=1S/C17H28N2/c1-4-12-19(15-10-11-15)17(13(2)3)16(18)14-8-6-5-7-9-14/h5-9,13,15-17H,4,10-12,18H2,1-3H3. The van der Waals surface area contributed by atoms with Crippen LogP contribution in [0.5, 0.6) is 0 Å². The van der Waals surface area contributed by atoms with Gasteiger partial charge in [-0.05, 0) is 37.3 Å². The summed E-state index contributed by atoms with van der Waals surface area (Å²) in [5.74, 6) is 0.586. The predicted molar refractivity (Wildman–Crippen MR) is 82.0 cm³/mol. The molecule has 2 N–H and O–H groups in total. The molecule has 1 fully saturated rings. The van der Waals surface area contributed by atoms with Gasteiger partial charge in [-0.15, -0.1) is 0 Å². The quantitative estimate of drug-likeness (QED) is 0.812. The molecule has 0 amide bonds. The zero-order chi connectivity index (χ0) is 13.8. The molecule has 2 heteroatoms. The zero-order valence-electron chi connectivity index (χ0n) is 12.5. The third-order valence-electron chi connectivity index (χ3n) is 4.12. The smallest absolute Gasteiger partial charge is 0.0455 e. The first kappa shape index (κ1) is 14.5. The highest BCUT2D eigenvalue weighted by atomic mass is 15.2. The van der Waals surface area contributed by atoms with Crippen LogP contribution in [-0.4, -0.2) is 23.5 Å². The molecule has 0 aromatic heterocycles. The summed E-state index contributed by atoms with van der Waals surface area (Å²) in [6.45, 7) is 8.05. The van der Waals surface area contributed by atoms with Gasteiger partial charge in [-0.3, -0.25) is 4.90 Å². The number of hydrogen-bond donors (Lipinski definition) is 1. The van der Waals surface area contributed by atoms with Gasteiger partial charge in [-0.1, -0.05) is 51.1 Å². The molecular formula is C17H28N2. The van der Waals surface area contributed by atoms with Crippen molar-refractivity contribution in [2.75, 3.05) is 6.54 Å². The van der Waals surface area contributed by atoms with Crippen molar-refractivity contribution in [1.82, 2.24) is 4.90 Å². The largest absolute Gasteiger partial charge is 0.323 e. The molecule has 1 aromatic carbocycles. The third-order valence-corrected chi connectivity index (χ3v) is 4.12. The summed E-state index contributed by atoms with van der Waals surface area (Å²) < 4.78 is 0. The molecule has 106 valence electrons. The van der Waals surface area contributed by atoms with Crippen molar-refractivity contribution >= 4 is 0 Å². The van der Waals surface area contributed by atoms with E-state index in [1.807, 2.05) is 0 Å². The van der Waals surface area contributed by atoms with E-state index in [0.717, 1.165) is 6.04 Å². The first-order valence-corrected chi connectivity index (χ1v) is 7.71. The lowest BCUT2D eigenvalue weighted by Crippen LogP contribution is -2.47. The number of hydrogen-bond acceptors (Lipinski definition) is 2. The van der Waals surface area contributed by atoms with Gasteiger partial charge in [0.15, 0.2) is 0 Å². The van der Waals surface area contributed by atoms with E-state index >= 15 is 0 Å². The van der Waals surface area contributed by atoms with E-state index in [1.54, 1.807) is 0 Å². The molecule has 0 heterocycles. The molecule has 0 spiro atoms. The highest BCUT2D eigenvalue weighted by Crippen LogP contribution is 2.34. The molecule has 1 aliphatic carbocycles. The normalized spacial score (nSPS) is 18.8. The van der Waals surface area contributed by atoms with Gasteiger partial charge in [0.25, 0.3) is 0 Å². The van der Waals surface area contributed by atoms with Crippen LogP contribution in [0.15, 0.2) is 30.3 Å². The fourth-order valence-electron chi connectivity index (χ4n) is 3.12. The number of nitrogens with two attached hydrogens (primary N) is 1. The van der Waals surface area contributed by atoms with Crippen molar-refractivity contribution in [2.45, 2.75) is 58.2 Å². The topological polar surface area (TPSA) is 29.3 Å². The van der Waals surface area contributed by atoms with Crippen LogP contribution in [0.2, 0.25) is 0 Å². The fourth-order valence-corrected chi connectivity index (χ4v) is 3.12. The molecule has 1 saturated carbocycles. The van der Waals surface area contributed by atoms with Gasteiger partial charge in [0, 0.05) is 18.1 Å². The first-order valence-electron chi connectivity index (χ1n) is 7.71. The Morgan fingerprint density at radius 3 is 2.32 bits per heavy atom. The summed E-state index contributed by atoms with van der Waals surface area (Å²) in [6.07, 6.45) is 3.91. The van der Waals surface area contributed by atoms with E-state index in [2.05, 4.69) is 56.0 Å². The average Bonchev–Trinajstić information content (AvgIpc) is 3.23. The lowest BCUT2D eigenvalue weighted by Gasteiger charge is -2.38. The lowest BCUT2D eigenvalue weighted by molar-refractivity contribution is 0.121. The van der Waals surface area contributed by atoms with Crippen molar-refractivity contribution in [1.29, 1.82) is 0 Å². The molecule has 2 unspecified atom stereocenters. The molecule has 1 aromatic rings. The van der Waals surface area contributed by atoms with Crippen molar-refractivity contribution in [3.05, 3.63) is 35.9 Å². The maximum Gasteiger partial charge on any atom is 0.0455 e. The number of rotatable bonds is 7. The molecule has 19 heavy (non-hydrogen) atoms. The highest BCUT2D eigenvalue weighted by molar-refractivity contribution is 5.20. The van der Waals surface area contributed by atoms with Crippen molar-refractivity contribution < 1.29 is 0 Å². The average molecular weight is 260 g/mol.